The Hall–Kier alpha value is -1.91. The van der Waals surface area contributed by atoms with E-state index in [9.17, 15) is 5.11 Å². The van der Waals surface area contributed by atoms with E-state index in [1.54, 1.807) is 0 Å². The topological polar surface area (TPSA) is 42.4 Å². The van der Waals surface area contributed by atoms with Crippen LogP contribution in [0.4, 0.5) is 0 Å². The summed E-state index contributed by atoms with van der Waals surface area (Å²) in [6, 6.07) is 16.2. The largest absolute Gasteiger partial charge is 0.490 e. The maximum Gasteiger partial charge on any atom is 0.139 e. The number of unbranched alkanes of at least 4 members (excludes halogenated alkanes) is 5. The number of aliphatic hydroxyl groups excluding tert-OH is 1. The monoisotopic (exact) mass is 383 g/mol. The van der Waals surface area contributed by atoms with E-state index in [2.05, 4.69) is 24.0 Å². The first-order chi connectivity index (χ1) is 13.3. The van der Waals surface area contributed by atoms with Crippen LogP contribution in [-0.4, -0.2) is 16.7 Å². The zero-order valence-electron chi connectivity index (χ0n) is 16.1. The molecular weight excluding hydrogens is 354 g/mol. The van der Waals surface area contributed by atoms with Crippen LogP contribution < -0.4 is 4.74 Å². The highest BCUT2D eigenvalue weighted by atomic mass is 32.1. The fraction of sp³-hybridized carbons (Fsp3) is 0.435. The molecule has 3 nitrogen and oxygen atoms in total. The third-order valence-corrected chi connectivity index (χ3v) is 5.88. The van der Waals surface area contributed by atoms with Crippen LogP contribution in [0.15, 0.2) is 48.5 Å². The molecule has 0 bridgehead atoms. The van der Waals surface area contributed by atoms with Gasteiger partial charge >= 0.3 is 0 Å². The number of rotatable bonds is 11. The van der Waals surface area contributed by atoms with E-state index in [4.69, 9.17) is 4.74 Å². The molecule has 144 valence electrons. The van der Waals surface area contributed by atoms with Crippen LogP contribution in [0, 0.1) is 0 Å². The Morgan fingerprint density at radius 1 is 0.963 bits per heavy atom. The third kappa shape index (κ3) is 6.05. The van der Waals surface area contributed by atoms with Crippen molar-refractivity contribution in [1.82, 2.24) is 4.98 Å². The second-order valence-corrected chi connectivity index (χ2v) is 8.07. The summed E-state index contributed by atoms with van der Waals surface area (Å²) >= 11 is 1.52. The van der Waals surface area contributed by atoms with Crippen molar-refractivity contribution in [2.24, 2.45) is 0 Å². The van der Waals surface area contributed by atoms with Crippen molar-refractivity contribution in [2.75, 3.05) is 6.61 Å². The number of benzene rings is 2. The number of hydrogen-bond donors (Lipinski definition) is 1. The Kier molecular flexibility index (Phi) is 7.66. The molecule has 1 aromatic heterocycles. The van der Waals surface area contributed by atoms with Crippen LogP contribution in [0.2, 0.25) is 0 Å². The molecule has 0 radical (unpaired) electrons. The molecule has 27 heavy (non-hydrogen) atoms. The van der Waals surface area contributed by atoms with Gasteiger partial charge in [0.2, 0.25) is 0 Å². The highest BCUT2D eigenvalue weighted by Crippen LogP contribution is 2.27. The number of hydrogen-bond acceptors (Lipinski definition) is 4. The lowest BCUT2D eigenvalue weighted by atomic mass is 10.0. The first-order valence-corrected chi connectivity index (χ1v) is 10.8. The van der Waals surface area contributed by atoms with Crippen LogP contribution in [0.1, 0.15) is 62.1 Å². The van der Waals surface area contributed by atoms with E-state index >= 15 is 0 Å². The van der Waals surface area contributed by atoms with Gasteiger partial charge in [-0.15, -0.1) is 11.3 Å². The zero-order valence-corrected chi connectivity index (χ0v) is 16.9. The minimum absolute atomic E-state index is 0.219. The number of aliphatic hydroxyl groups is 1. The molecule has 1 unspecified atom stereocenters. The number of fused-ring (bicyclic) bond motifs is 1. The first kappa shape index (κ1) is 19.8. The lowest BCUT2D eigenvalue weighted by Gasteiger charge is -2.10. The van der Waals surface area contributed by atoms with Crippen LogP contribution >= 0.6 is 11.3 Å². The Bertz CT molecular complexity index is 780. The SMILES string of the molecule is CCCCCCCCc1ccc(OCC(O)c2nc3ccccc3s2)cc1. The smallest absolute Gasteiger partial charge is 0.139 e. The van der Waals surface area contributed by atoms with Gasteiger partial charge in [0.15, 0.2) is 0 Å². The van der Waals surface area contributed by atoms with E-state index < -0.39 is 6.10 Å². The van der Waals surface area contributed by atoms with Gasteiger partial charge in [0.05, 0.1) is 10.2 Å². The molecule has 2 aromatic carbocycles. The van der Waals surface area contributed by atoms with Gasteiger partial charge in [0, 0.05) is 0 Å². The van der Waals surface area contributed by atoms with Gasteiger partial charge in [0.1, 0.15) is 23.5 Å². The van der Waals surface area contributed by atoms with Crippen molar-refractivity contribution < 1.29 is 9.84 Å². The van der Waals surface area contributed by atoms with E-state index in [-0.39, 0.29) is 6.61 Å². The molecule has 0 aliphatic rings. The fourth-order valence-electron chi connectivity index (χ4n) is 3.14. The summed E-state index contributed by atoms with van der Waals surface area (Å²) in [6.07, 6.45) is 8.35. The Balaban J connectivity index is 1.42. The first-order valence-electron chi connectivity index (χ1n) is 10.0. The molecule has 0 saturated heterocycles. The molecule has 0 spiro atoms. The summed E-state index contributed by atoms with van der Waals surface area (Å²) in [4.78, 5) is 4.49. The molecular formula is C23H29NO2S. The van der Waals surface area contributed by atoms with Crippen molar-refractivity contribution in [2.45, 2.75) is 58.0 Å². The summed E-state index contributed by atoms with van der Waals surface area (Å²) in [5, 5.41) is 11.1. The molecule has 0 amide bonds. The number of ether oxygens (including phenoxy) is 1. The van der Waals surface area contributed by atoms with E-state index in [0.717, 1.165) is 22.4 Å². The predicted octanol–water partition coefficient (Wildman–Crippen LogP) is 6.31. The van der Waals surface area contributed by atoms with Crippen molar-refractivity contribution in [3.63, 3.8) is 0 Å². The van der Waals surface area contributed by atoms with Crippen molar-refractivity contribution in [3.8, 4) is 5.75 Å². The van der Waals surface area contributed by atoms with Crippen LogP contribution in [-0.2, 0) is 6.42 Å². The number of para-hydroxylation sites is 1. The molecule has 4 heteroatoms. The summed E-state index contributed by atoms with van der Waals surface area (Å²) in [5.74, 6) is 0.793. The second-order valence-electron chi connectivity index (χ2n) is 7.01. The zero-order chi connectivity index (χ0) is 18.9. The Labute approximate surface area is 166 Å². The number of thiazole rings is 1. The van der Waals surface area contributed by atoms with Crippen LogP contribution in [0.25, 0.3) is 10.2 Å². The molecule has 1 atom stereocenters. The van der Waals surface area contributed by atoms with Gasteiger partial charge in [-0.3, -0.25) is 0 Å². The van der Waals surface area contributed by atoms with Gasteiger partial charge in [0.25, 0.3) is 0 Å². The number of aryl methyl sites for hydroxylation is 1. The highest BCUT2D eigenvalue weighted by Gasteiger charge is 2.14. The van der Waals surface area contributed by atoms with Crippen LogP contribution in [0.3, 0.4) is 0 Å². The predicted molar refractivity (Wildman–Crippen MR) is 114 cm³/mol. The van der Waals surface area contributed by atoms with Gasteiger partial charge < -0.3 is 9.84 Å². The molecule has 3 aromatic rings. The van der Waals surface area contributed by atoms with Gasteiger partial charge in [-0.25, -0.2) is 4.98 Å². The maximum absolute atomic E-state index is 10.4. The quantitative estimate of drug-likeness (QED) is 0.394. The van der Waals surface area contributed by atoms with Crippen LogP contribution in [0.5, 0.6) is 5.75 Å². The molecule has 0 fully saturated rings. The van der Waals surface area contributed by atoms with Gasteiger partial charge in [-0.2, -0.15) is 0 Å². The third-order valence-electron chi connectivity index (χ3n) is 4.75. The molecule has 1 heterocycles. The van der Waals surface area contributed by atoms with E-state index in [1.165, 1.54) is 55.4 Å². The molecule has 0 saturated carbocycles. The average Bonchev–Trinajstić information content (AvgIpc) is 3.14. The van der Waals surface area contributed by atoms with Crippen molar-refractivity contribution in [1.29, 1.82) is 0 Å². The van der Waals surface area contributed by atoms with Gasteiger partial charge in [-0.05, 0) is 42.7 Å². The normalized spacial score (nSPS) is 12.4. The second kappa shape index (κ2) is 10.4. The van der Waals surface area contributed by atoms with Crippen molar-refractivity contribution >= 4 is 21.6 Å². The molecule has 0 aliphatic carbocycles. The number of aromatic nitrogens is 1. The summed E-state index contributed by atoms with van der Waals surface area (Å²) in [6.45, 7) is 2.47. The summed E-state index contributed by atoms with van der Waals surface area (Å²) in [5.41, 5.74) is 2.28. The Morgan fingerprint density at radius 3 is 2.48 bits per heavy atom. The highest BCUT2D eigenvalue weighted by molar-refractivity contribution is 7.18. The molecule has 3 rings (SSSR count). The van der Waals surface area contributed by atoms with E-state index in [0.29, 0.717) is 5.01 Å². The van der Waals surface area contributed by atoms with Crippen molar-refractivity contribution in [3.05, 3.63) is 59.1 Å². The number of nitrogens with zero attached hydrogens (tertiary/aromatic N) is 1. The fourth-order valence-corrected chi connectivity index (χ4v) is 4.08. The van der Waals surface area contributed by atoms with E-state index in [1.807, 2.05) is 36.4 Å². The molecule has 1 N–H and O–H groups in total. The maximum atomic E-state index is 10.4. The average molecular weight is 384 g/mol. The van der Waals surface area contributed by atoms with Gasteiger partial charge in [-0.1, -0.05) is 63.3 Å². The summed E-state index contributed by atoms with van der Waals surface area (Å²) < 4.78 is 6.85. The Morgan fingerprint density at radius 2 is 1.70 bits per heavy atom. The minimum Gasteiger partial charge on any atom is -0.490 e. The standard InChI is InChI=1S/C23H29NO2S/c1-2-3-4-5-6-7-10-18-13-15-19(16-14-18)26-17-21(25)23-24-20-11-8-9-12-22(20)27-23/h8-9,11-16,21,25H,2-7,10,17H2,1H3. The molecule has 0 aliphatic heterocycles. The summed E-state index contributed by atoms with van der Waals surface area (Å²) in [7, 11) is 0. The minimum atomic E-state index is -0.704. The lowest BCUT2D eigenvalue weighted by molar-refractivity contribution is 0.108. The lowest BCUT2D eigenvalue weighted by Crippen LogP contribution is -2.09.